The molecule has 1 unspecified atom stereocenters. The maximum absolute atomic E-state index is 9.73. The van der Waals surface area contributed by atoms with Crippen LogP contribution in [-0.4, -0.2) is 37.6 Å². The van der Waals surface area contributed by atoms with E-state index in [2.05, 4.69) is 47.1 Å². The Kier molecular flexibility index (Phi) is 5.25. The molecule has 114 valence electrons. The highest BCUT2D eigenvalue weighted by Crippen LogP contribution is 2.25. The lowest BCUT2D eigenvalue weighted by atomic mass is 9.92. The largest absolute Gasteiger partial charge is 0.378 e. The fourth-order valence-electron chi connectivity index (χ4n) is 3.10. The molecule has 1 aliphatic rings. The maximum Gasteiger partial charge on any atom is 0.110 e. The van der Waals surface area contributed by atoms with Crippen LogP contribution in [0.15, 0.2) is 24.3 Å². The lowest BCUT2D eigenvalue weighted by Crippen LogP contribution is -2.47. The summed E-state index contributed by atoms with van der Waals surface area (Å²) in [5.74, 6) is 0. The van der Waals surface area contributed by atoms with E-state index in [9.17, 15) is 5.26 Å². The SMILES string of the molecule is CN(C)c1ccc(CC(C)(C#N)N2CCCCCC2)cc1. The van der Waals surface area contributed by atoms with Crippen LogP contribution in [0.1, 0.15) is 38.2 Å². The number of likely N-dealkylation sites (tertiary alicyclic amines) is 1. The molecule has 0 radical (unpaired) electrons. The van der Waals surface area contributed by atoms with Gasteiger partial charge in [-0.2, -0.15) is 5.26 Å². The van der Waals surface area contributed by atoms with Crippen LogP contribution >= 0.6 is 0 Å². The number of benzene rings is 1. The van der Waals surface area contributed by atoms with Gasteiger partial charge in [0, 0.05) is 26.2 Å². The third-order valence-electron chi connectivity index (χ3n) is 4.55. The summed E-state index contributed by atoms with van der Waals surface area (Å²) in [6.45, 7) is 4.21. The zero-order valence-electron chi connectivity index (χ0n) is 13.6. The molecule has 1 saturated heterocycles. The number of hydrogen-bond acceptors (Lipinski definition) is 3. The molecule has 0 saturated carbocycles. The standard InChI is InChI=1S/C18H27N3/c1-18(15-19,21-12-6-4-5-7-13-21)14-16-8-10-17(11-9-16)20(2)3/h8-11H,4-7,12-14H2,1-3H3. The highest BCUT2D eigenvalue weighted by Gasteiger charge is 2.32. The fraction of sp³-hybridized carbons (Fsp3) is 0.611. The summed E-state index contributed by atoms with van der Waals surface area (Å²) in [7, 11) is 4.09. The van der Waals surface area contributed by atoms with Crippen molar-refractivity contribution in [3.8, 4) is 6.07 Å². The van der Waals surface area contributed by atoms with E-state index in [1.807, 2.05) is 14.1 Å². The molecule has 0 aliphatic carbocycles. The molecule has 1 heterocycles. The lowest BCUT2D eigenvalue weighted by Gasteiger charge is -2.35. The minimum absolute atomic E-state index is 0.385. The smallest absolute Gasteiger partial charge is 0.110 e. The van der Waals surface area contributed by atoms with Crippen LogP contribution in [-0.2, 0) is 6.42 Å². The van der Waals surface area contributed by atoms with E-state index in [4.69, 9.17) is 0 Å². The molecule has 0 aromatic heterocycles. The molecule has 0 bridgehead atoms. The van der Waals surface area contributed by atoms with Crippen molar-refractivity contribution in [1.29, 1.82) is 5.26 Å². The highest BCUT2D eigenvalue weighted by atomic mass is 15.2. The maximum atomic E-state index is 9.73. The van der Waals surface area contributed by atoms with Crippen LogP contribution < -0.4 is 4.90 Å². The molecule has 3 heteroatoms. The third-order valence-corrected chi connectivity index (χ3v) is 4.55. The Bertz CT molecular complexity index is 478. The van der Waals surface area contributed by atoms with E-state index in [1.54, 1.807) is 0 Å². The minimum atomic E-state index is -0.385. The number of rotatable bonds is 4. The average molecular weight is 285 g/mol. The molecule has 1 aromatic carbocycles. The Hall–Kier alpha value is -1.53. The van der Waals surface area contributed by atoms with E-state index < -0.39 is 0 Å². The Morgan fingerprint density at radius 1 is 1.10 bits per heavy atom. The van der Waals surface area contributed by atoms with E-state index in [0.29, 0.717) is 0 Å². The van der Waals surface area contributed by atoms with Crippen LogP contribution in [0.4, 0.5) is 5.69 Å². The van der Waals surface area contributed by atoms with Gasteiger partial charge in [-0.05, 0) is 50.6 Å². The van der Waals surface area contributed by atoms with E-state index in [-0.39, 0.29) is 5.54 Å². The van der Waals surface area contributed by atoms with Crippen molar-refractivity contribution in [3.63, 3.8) is 0 Å². The number of hydrogen-bond donors (Lipinski definition) is 0. The Balaban J connectivity index is 2.11. The molecule has 21 heavy (non-hydrogen) atoms. The molecular formula is C18H27N3. The van der Waals surface area contributed by atoms with Gasteiger partial charge < -0.3 is 4.90 Å². The van der Waals surface area contributed by atoms with Crippen LogP contribution in [0.2, 0.25) is 0 Å². The first-order chi connectivity index (χ1) is 10.0. The molecule has 0 amide bonds. The van der Waals surface area contributed by atoms with Crippen LogP contribution in [0.25, 0.3) is 0 Å². The first kappa shape index (κ1) is 15.9. The van der Waals surface area contributed by atoms with Crippen LogP contribution in [0.5, 0.6) is 0 Å². The third kappa shape index (κ3) is 3.98. The summed E-state index contributed by atoms with van der Waals surface area (Å²) < 4.78 is 0. The summed E-state index contributed by atoms with van der Waals surface area (Å²) in [5.41, 5.74) is 2.06. The van der Waals surface area contributed by atoms with Crippen molar-refractivity contribution < 1.29 is 0 Å². The number of nitriles is 1. The quantitative estimate of drug-likeness (QED) is 0.849. The topological polar surface area (TPSA) is 30.3 Å². The van der Waals surface area contributed by atoms with Crippen molar-refractivity contribution in [1.82, 2.24) is 4.90 Å². The average Bonchev–Trinajstić information content (AvgIpc) is 2.77. The first-order valence-electron chi connectivity index (χ1n) is 7.98. The summed E-state index contributed by atoms with van der Waals surface area (Å²) in [5, 5.41) is 9.73. The summed E-state index contributed by atoms with van der Waals surface area (Å²) in [6.07, 6.45) is 5.84. The van der Waals surface area contributed by atoms with Gasteiger partial charge in [0.2, 0.25) is 0 Å². The van der Waals surface area contributed by atoms with Crippen molar-refractivity contribution in [3.05, 3.63) is 29.8 Å². The Morgan fingerprint density at radius 3 is 2.14 bits per heavy atom. The summed E-state index contributed by atoms with van der Waals surface area (Å²) >= 11 is 0. The zero-order chi connectivity index (χ0) is 15.3. The van der Waals surface area contributed by atoms with Crippen molar-refractivity contribution in [2.24, 2.45) is 0 Å². The molecule has 3 nitrogen and oxygen atoms in total. The van der Waals surface area contributed by atoms with E-state index in [1.165, 1.54) is 36.9 Å². The van der Waals surface area contributed by atoms with Gasteiger partial charge in [0.05, 0.1) is 6.07 Å². The zero-order valence-corrected chi connectivity index (χ0v) is 13.6. The van der Waals surface area contributed by atoms with Crippen LogP contribution in [0.3, 0.4) is 0 Å². The van der Waals surface area contributed by atoms with Gasteiger partial charge in [-0.15, -0.1) is 0 Å². The predicted molar refractivity (Wildman–Crippen MR) is 88.5 cm³/mol. The lowest BCUT2D eigenvalue weighted by molar-refractivity contribution is 0.157. The van der Waals surface area contributed by atoms with Gasteiger partial charge in [-0.25, -0.2) is 0 Å². The molecule has 1 fully saturated rings. The molecule has 0 spiro atoms. The van der Waals surface area contributed by atoms with Crippen molar-refractivity contribution in [2.75, 3.05) is 32.1 Å². The van der Waals surface area contributed by atoms with Crippen molar-refractivity contribution in [2.45, 2.75) is 44.6 Å². The molecular weight excluding hydrogens is 258 g/mol. The molecule has 2 rings (SSSR count). The normalized spacial score (nSPS) is 19.3. The van der Waals surface area contributed by atoms with Gasteiger partial charge in [0.25, 0.3) is 0 Å². The molecule has 1 aromatic rings. The number of nitrogens with zero attached hydrogens (tertiary/aromatic N) is 3. The molecule has 0 N–H and O–H groups in total. The van der Waals surface area contributed by atoms with Gasteiger partial charge >= 0.3 is 0 Å². The number of anilines is 1. The second-order valence-electron chi connectivity index (χ2n) is 6.52. The minimum Gasteiger partial charge on any atom is -0.378 e. The molecule has 1 atom stereocenters. The second kappa shape index (κ2) is 6.95. The monoisotopic (exact) mass is 285 g/mol. The fourth-order valence-corrected chi connectivity index (χ4v) is 3.10. The molecule has 1 aliphatic heterocycles. The van der Waals surface area contributed by atoms with E-state index >= 15 is 0 Å². The van der Waals surface area contributed by atoms with Gasteiger partial charge in [-0.3, -0.25) is 4.90 Å². The Labute approximate surface area is 129 Å². The van der Waals surface area contributed by atoms with Gasteiger partial charge in [0.15, 0.2) is 0 Å². The Morgan fingerprint density at radius 2 is 1.67 bits per heavy atom. The van der Waals surface area contributed by atoms with Crippen LogP contribution in [0, 0.1) is 11.3 Å². The highest BCUT2D eigenvalue weighted by molar-refractivity contribution is 5.46. The first-order valence-corrected chi connectivity index (χ1v) is 7.98. The second-order valence-corrected chi connectivity index (χ2v) is 6.52. The predicted octanol–water partition coefficient (Wildman–Crippen LogP) is 3.45. The van der Waals surface area contributed by atoms with Crippen molar-refractivity contribution >= 4 is 5.69 Å². The van der Waals surface area contributed by atoms with Gasteiger partial charge in [0.1, 0.15) is 5.54 Å². The summed E-state index contributed by atoms with van der Waals surface area (Å²) in [4.78, 5) is 4.49. The summed E-state index contributed by atoms with van der Waals surface area (Å²) in [6, 6.07) is 11.2. The van der Waals surface area contributed by atoms with E-state index in [0.717, 1.165) is 19.5 Å². The van der Waals surface area contributed by atoms with Gasteiger partial charge in [-0.1, -0.05) is 25.0 Å².